The molecule has 4 heteroatoms. The van der Waals surface area contributed by atoms with Crippen molar-refractivity contribution in [3.05, 3.63) is 23.2 Å². The van der Waals surface area contributed by atoms with Gasteiger partial charge >= 0.3 is 0 Å². The van der Waals surface area contributed by atoms with E-state index >= 15 is 0 Å². The van der Waals surface area contributed by atoms with E-state index in [1.165, 1.54) is 5.56 Å². The van der Waals surface area contributed by atoms with Gasteiger partial charge in [-0.1, -0.05) is 13.8 Å². The average molecular weight is 282 g/mol. The van der Waals surface area contributed by atoms with Gasteiger partial charge in [0.15, 0.2) is 0 Å². The number of nitrogens with one attached hydrogen (secondary N) is 1. The van der Waals surface area contributed by atoms with Crippen LogP contribution in [-0.4, -0.2) is 38.8 Å². The minimum absolute atomic E-state index is 0.664. The number of nitrogens with zero attached hydrogens (tertiary/aromatic N) is 1. The fraction of sp³-hybridized carbons (Fsp3) is 0.750. The van der Waals surface area contributed by atoms with Gasteiger partial charge in [0, 0.05) is 20.3 Å². The molecular weight excluding hydrogens is 252 g/mol. The van der Waals surface area contributed by atoms with Gasteiger partial charge in [0.1, 0.15) is 11.5 Å². The SMILES string of the molecule is COCCCN(C)Cc1cc(C)c(CNCC(C)C)o1. The van der Waals surface area contributed by atoms with Gasteiger partial charge in [-0.2, -0.15) is 0 Å². The zero-order valence-corrected chi connectivity index (χ0v) is 13.7. The molecule has 0 aliphatic rings. The Morgan fingerprint density at radius 2 is 2.15 bits per heavy atom. The summed E-state index contributed by atoms with van der Waals surface area (Å²) in [7, 11) is 3.86. The lowest BCUT2D eigenvalue weighted by atomic mass is 10.2. The Morgan fingerprint density at radius 1 is 1.40 bits per heavy atom. The van der Waals surface area contributed by atoms with Gasteiger partial charge in [-0.15, -0.1) is 0 Å². The highest BCUT2D eigenvalue weighted by molar-refractivity contribution is 5.20. The van der Waals surface area contributed by atoms with E-state index in [4.69, 9.17) is 9.15 Å². The first kappa shape index (κ1) is 17.2. The van der Waals surface area contributed by atoms with Crippen LogP contribution in [0.25, 0.3) is 0 Å². The average Bonchev–Trinajstić information content (AvgIpc) is 2.69. The second-order valence-corrected chi connectivity index (χ2v) is 5.93. The van der Waals surface area contributed by atoms with Crippen LogP contribution in [0.1, 0.15) is 37.4 Å². The first-order valence-corrected chi connectivity index (χ1v) is 7.49. The lowest BCUT2D eigenvalue weighted by Gasteiger charge is -2.14. The Labute approximate surface area is 123 Å². The van der Waals surface area contributed by atoms with E-state index in [0.717, 1.165) is 50.7 Å². The Hall–Kier alpha value is -0.840. The normalized spacial score (nSPS) is 11.8. The van der Waals surface area contributed by atoms with Gasteiger partial charge < -0.3 is 14.5 Å². The zero-order chi connectivity index (χ0) is 15.0. The summed E-state index contributed by atoms with van der Waals surface area (Å²) in [6.45, 7) is 11.1. The number of aryl methyl sites for hydroxylation is 1. The van der Waals surface area contributed by atoms with Crippen LogP contribution in [0, 0.1) is 12.8 Å². The summed E-state index contributed by atoms with van der Waals surface area (Å²) < 4.78 is 11.0. The quantitative estimate of drug-likeness (QED) is 0.670. The van der Waals surface area contributed by atoms with Crippen molar-refractivity contribution in [1.82, 2.24) is 10.2 Å². The Bertz CT molecular complexity index is 375. The number of hydrogen-bond donors (Lipinski definition) is 1. The predicted octanol–water partition coefficient (Wildman–Crippen LogP) is 2.80. The molecular formula is C16H30N2O2. The summed E-state index contributed by atoms with van der Waals surface area (Å²) in [4.78, 5) is 2.27. The van der Waals surface area contributed by atoms with E-state index < -0.39 is 0 Å². The minimum Gasteiger partial charge on any atom is -0.463 e. The minimum atomic E-state index is 0.664. The second-order valence-electron chi connectivity index (χ2n) is 5.93. The van der Waals surface area contributed by atoms with Gasteiger partial charge in [-0.05, 0) is 44.5 Å². The molecule has 1 aromatic heterocycles. The van der Waals surface area contributed by atoms with E-state index in [2.05, 4.69) is 44.1 Å². The zero-order valence-electron chi connectivity index (χ0n) is 13.7. The van der Waals surface area contributed by atoms with Crippen LogP contribution >= 0.6 is 0 Å². The fourth-order valence-corrected chi connectivity index (χ4v) is 2.14. The highest BCUT2D eigenvalue weighted by Crippen LogP contribution is 2.16. The van der Waals surface area contributed by atoms with E-state index in [1.54, 1.807) is 7.11 Å². The van der Waals surface area contributed by atoms with Gasteiger partial charge in [0.2, 0.25) is 0 Å². The molecule has 1 aromatic rings. The van der Waals surface area contributed by atoms with Crippen LogP contribution in [-0.2, 0) is 17.8 Å². The van der Waals surface area contributed by atoms with Crippen molar-refractivity contribution in [1.29, 1.82) is 0 Å². The molecule has 0 fully saturated rings. The Kier molecular flexibility index (Phi) is 7.88. The maximum atomic E-state index is 5.94. The molecule has 0 radical (unpaired) electrons. The molecule has 0 atom stereocenters. The number of rotatable bonds is 10. The van der Waals surface area contributed by atoms with Crippen LogP contribution < -0.4 is 5.32 Å². The molecule has 0 bridgehead atoms. The molecule has 0 saturated carbocycles. The van der Waals surface area contributed by atoms with Crippen molar-refractivity contribution in [2.45, 2.75) is 40.3 Å². The van der Waals surface area contributed by atoms with Crippen LogP contribution in [0.3, 0.4) is 0 Å². The summed E-state index contributed by atoms with van der Waals surface area (Å²) in [5.41, 5.74) is 1.24. The van der Waals surface area contributed by atoms with E-state index in [-0.39, 0.29) is 0 Å². The highest BCUT2D eigenvalue weighted by atomic mass is 16.5. The Balaban J connectivity index is 2.39. The van der Waals surface area contributed by atoms with Gasteiger partial charge in [-0.3, -0.25) is 4.90 Å². The van der Waals surface area contributed by atoms with Crippen molar-refractivity contribution in [3.63, 3.8) is 0 Å². The smallest absolute Gasteiger partial charge is 0.120 e. The largest absolute Gasteiger partial charge is 0.463 e. The van der Waals surface area contributed by atoms with Gasteiger partial charge in [-0.25, -0.2) is 0 Å². The molecule has 0 aliphatic heterocycles. The van der Waals surface area contributed by atoms with Crippen molar-refractivity contribution in [2.75, 3.05) is 33.9 Å². The molecule has 0 spiro atoms. The topological polar surface area (TPSA) is 37.6 Å². The third-order valence-corrected chi connectivity index (χ3v) is 3.22. The van der Waals surface area contributed by atoms with Crippen LogP contribution in [0.2, 0.25) is 0 Å². The van der Waals surface area contributed by atoms with Gasteiger partial charge in [0.05, 0.1) is 13.1 Å². The first-order chi connectivity index (χ1) is 9.52. The third kappa shape index (κ3) is 6.55. The molecule has 116 valence electrons. The van der Waals surface area contributed by atoms with Crippen LogP contribution in [0.15, 0.2) is 10.5 Å². The fourth-order valence-electron chi connectivity index (χ4n) is 2.14. The summed E-state index contributed by atoms with van der Waals surface area (Å²) in [6, 6.07) is 2.15. The number of methoxy groups -OCH3 is 1. The summed E-state index contributed by atoms with van der Waals surface area (Å²) >= 11 is 0. The van der Waals surface area contributed by atoms with Crippen molar-refractivity contribution >= 4 is 0 Å². The molecule has 4 nitrogen and oxygen atoms in total. The number of ether oxygens (including phenoxy) is 1. The molecule has 0 saturated heterocycles. The summed E-state index contributed by atoms with van der Waals surface area (Å²) in [5.74, 6) is 2.77. The molecule has 0 unspecified atom stereocenters. The maximum Gasteiger partial charge on any atom is 0.120 e. The Morgan fingerprint density at radius 3 is 2.80 bits per heavy atom. The van der Waals surface area contributed by atoms with E-state index in [1.807, 2.05) is 0 Å². The molecule has 20 heavy (non-hydrogen) atoms. The lowest BCUT2D eigenvalue weighted by Crippen LogP contribution is -2.20. The molecule has 1 N–H and O–H groups in total. The standard InChI is InChI=1S/C16H30N2O2/c1-13(2)10-17-11-16-14(3)9-15(20-16)12-18(4)7-6-8-19-5/h9,13,17H,6-8,10-12H2,1-5H3. The van der Waals surface area contributed by atoms with Crippen molar-refractivity contribution in [2.24, 2.45) is 5.92 Å². The molecule has 0 amide bonds. The molecule has 0 aromatic carbocycles. The second kappa shape index (κ2) is 9.16. The maximum absolute atomic E-state index is 5.94. The summed E-state index contributed by atoms with van der Waals surface area (Å²) in [5, 5.41) is 3.43. The molecule has 0 aliphatic carbocycles. The predicted molar refractivity (Wildman–Crippen MR) is 82.8 cm³/mol. The van der Waals surface area contributed by atoms with Crippen molar-refractivity contribution in [3.8, 4) is 0 Å². The summed E-state index contributed by atoms with van der Waals surface area (Å²) in [6.07, 6.45) is 1.05. The van der Waals surface area contributed by atoms with Crippen molar-refractivity contribution < 1.29 is 9.15 Å². The first-order valence-electron chi connectivity index (χ1n) is 7.49. The number of furan rings is 1. The molecule has 1 heterocycles. The third-order valence-electron chi connectivity index (χ3n) is 3.22. The highest BCUT2D eigenvalue weighted by Gasteiger charge is 2.09. The lowest BCUT2D eigenvalue weighted by molar-refractivity contribution is 0.175. The van der Waals surface area contributed by atoms with E-state index in [9.17, 15) is 0 Å². The van der Waals surface area contributed by atoms with Crippen LogP contribution in [0.5, 0.6) is 0 Å². The number of hydrogen-bond acceptors (Lipinski definition) is 4. The van der Waals surface area contributed by atoms with Crippen LogP contribution in [0.4, 0.5) is 0 Å². The monoisotopic (exact) mass is 282 g/mol. The molecule has 1 rings (SSSR count). The van der Waals surface area contributed by atoms with E-state index in [0.29, 0.717) is 5.92 Å². The van der Waals surface area contributed by atoms with Gasteiger partial charge in [0.25, 0.3) is 0 Å².